The van der Waals surface area contributed by atoms with E-state index in [1.807, 2.05) is 12.1 Å². The van der Waals surface area contributed by atoms with Crippen molar-refractivity contribution >= 4 is 5.97 Å². The summed E-state index contributed by atoms with van der Waals surface area (Å²) < 4.78 is 4.49. The van der Waals surface area contributed by atoms with Gasteiger partial charge in [-0.1, -0.05) is 0 Å². The summed E-state index contributed by atoms with van der Waals surface area (Å²) in [7, 11) is 1.31. The molecule has 0 bridgehead atoms. The van der Waals surface area contributed by atoms with Gasteiger partial charge in [-0.25, -0.2) is 0 Å². The minimum absolute atomic E-state index is 0.139. The maximum atomic E-state index is 10.9. The fourth-order valence-corrected chi connectivity index (χ4v) is 0.933. The summed E-state index contributed by atoms with van der Waals surface area (Å²) >= 11 is 0. The quantitative estimate of drug-likeness (QED) is 0.569. The van der Waals surface area contributed by atoms with Crippen LogP contribution in [0.2, 0.25) is 0 Å². The largest absolute Gasteiger partial charge is 0.468 e. The van der Waals surface area contributed by atoms with Crippen molar-refractivity contribution in [3.8, 4) is 12.1 Å². The highest BCUT2D eigenvalue weighted by atomic mass is 16.5. The van der Waals surface area contributed by atoms with Gasteiger partial charge in [-0.3, -0.25) is 9.69 Å². The number of methoxy groups -OCH3 is 1. The van der Waals surface area contributed by atoms with Gasteiger partial charge < -0.3 is 4.74 Å². The Labute approximate surface area is 83.5 Å². The lowest BCUT2D eigenvalue weighted by atomic mass is 10.3. The van der Waals surface area contributed by atoms with Crippen LogP contribution < -0.4 is 0 Å². The van der Waals surface area contributed by atoms with Gasteiger partial charge in [0.2, 0.25) is 0 Å². The second-order valence-electron chi connectivity index (χ2n) is 2.67. The average molecular weight is 195 g/mol. The molecule has 0 aromatic carbocycles. The van der Waals surface area contributed by atoms with Gasteiger partial charge in [0.15, 0.2) is 0 Å². The zero-order valence-corrected chi connectivity index (χ0v) is 8.19. The maximum absolute atomic E-state index is 10.9. The minimum atomic E-state index is -0.346. The number of ether oxygens (including phenoxy) is 1. The third-order valence-corrected chi connectivity index (χ3v) is 1.66. The van der Waals surface area contributed by atoms with E-state index in [4.69, 9.17) is 10.5 Å². The highest BCUT2D eigenvalue weighted by molar-refractivity contribution is 5.71. The molecule has 0 saturated carbocycles. The molecule has 0 heterocycles. The number of hydrogen-bond acceptors (Lipinski definition) is 5. The molecule has 0 atom stereocenters. The van der Waals surface area contributed by atoms with Crippen LogP contribution in [0, 0.1) is 22.7 Å². The standard InChI is InChI=1S/C9H13N3O2/c1-14-9(13)8-12(6-2-4-10)7-3-5-11/h2-3,6-8H2,1H3. The van der Waals surface area contributed by atoms with Crippen LogP contribution in [0.1, 0.15) is 12.8 Å². The first kappa shape index (κ1) is 12.4. The molecular weight excluding hydrogens is 182 g/mol. The van der Waals surface area contributed by atoms with Gasteiger partial charge in [-0.15, -0.1) is 0 Å². The van der Waals surface area contributed by atoms with Crippen LogP contribution in [-0.4, -0.2) is 37.6 Å². The van der Waals surface area contributed by atoms with Gasteiger partial charge >= 0.3 is 5.97 Å². The smallest absolute Gasteiger partial charge is 0.319 e. The third kappa shape index (κ3) is 5.99. The number of nitriles is 2. The van der Waals surface area contributed by atoms with Crippen molar-refractivity contribution in [2.75, 3.05) is 26.7 Å². The molecule has 0 aliphatic heterocycles. The van der Waals surface area contributed by atoms with E-state index in [-0.39, 0.29) is 12.5 Å². The third-order valence-electron chi connectivity index (χ3n) is 1.66. The van der Waals surface area contributed by atoms with E-state index in [1.54, 1.807) is 4.90 Å². The summed E-state index contributed by atoms with van der Waals surface area (Å²) in [6, 6.07) is 3.98. The van der Waals surface area contributed by atoms with Crippen molar-refractivity contribution in [1.82, 2.24) is 4.90 Å². The van der Waals surface area contributed by atoms with Crippen LogP contribution in [0.5, 0.6) is 0 Å². The number of esters is 1. The molecule has 0 N–H and O–H groups in total. The second kappa shape index (κ2) is 8.03. The topological polar surface area (TPSA) is 77.1 Å². The molecular formula is C9H13N3O2. The molecule has 0 aliphatic carbocycles. The first-order chi connectivity index (χ1) is 6.74. The van der Waals surface area contributed by atoms with E-state index >= 15 is 0 Å². The average Bonchev–Trinajstić information content (AvgIpc) is 2.21. The van der Waals surface area contributed by atoms with Crippen molar-refractivity contribution in [2.24, 2.45) is 0 Å². The van der Waals surface area contributed by atoms with E-state index in [0.29, 0.717) is 25.9 Å². The summed E-state index contributed by atoms with van der Waals surface area (Å²) in [6.45, 7) is 1.13. The maximum Gasteiger partial charge on any atom is 0.319 e. The normalized spacial score (nSPS) is 9.14. The zero-order chi connectivity index (χ0) is 10.8. The van der Waals surface area contributed by atoms with Gasteiger partial charge in [-0.05, 0) is 0 Å². The Hall–Kier alpha value is -1.59. The molecule has 0 rings (SSSR count). The molecule has 0 aromatic heterocycles. The molecule has 0 unspecified atom stereocenters. The van der Waals surface area contributed by atoms with Crippen molar-refractivity contribution in [1.29, 1.82) is 10.5 Å². The number of carbonyl (C=O) groups is 1. The molecule has 76 valence electrons. The minimum Gasteiger partial charge on any atom is -0.468 e. The van der Waals surface area contributed by atoms with Gasteiger partial charge in [0.05, 0.1) is 25.8 Å². The molecule has 0 saturated heterocycles. The lowest BCUT2D eigenvalue weighted by Gasteiger charge is -2.17. The monoisotopic (exact) mass is 195 g/mol. The van der Waals surface area contributed by atoms with E-state index in [1.165, 1.54) is 7.11 Å². The molecule has 5 heteroatoms. The van der Waals surface area contributed by atoms with Crippen molar-refractivity contribution < 1.29 is 9.53 Å². The van der Waals surface area contributed by atoms with Crippen LogP contribution >= 0.6 is 0 Å². The molecule has 0 radical (unpaired) electrons. The zero-order valence-electron chi connectivity index (χ0n) is 8.19. The first-order valence-electron chi connectivity index (χ1n) is 4.27. The predicted molar refractivity (Wildman–Crippen MR) is 48.9 cm³/mol. The van der Waals surface area contributed by atoms with E-state index < -0.39 is 0 Å². The summed E-state index contributed by atoms with van der Waals surface area (Å²) in [4.78, 5) is 12.7. The Morgan fingerprint density at radius 2 is 1.79 bits per heavy atom. The number of nitrogens with zero attached hydrogens (tertiary/aromatic N) is 3. The highest BCUT2D eigenvalue weighted by Gasteiger charge is 2.09. The molecule has 14 heavy (non-hydrogen) atoms. The molecule has 0 spiro atoms. The summed E-state index contributed by atoms with van der Waals surface area (Å²) in [5, 5.41) is 16.7. The molecule has 0 aliphatic rings. The number of hydrogen-bond donors (Lipinski definition) is 0. The van der Waals surface area contributed by atoms with Crippen molar-refractivity contribution in [2.45, 2.75) is 12.8 Å². The Kier molecular flexibility index (Phi) is 7.12. The van der Waals surface area contributed by atoms with Crippen LogP contribution in [0.25, 0.3) is 0 Å². The number of rotatable bonds is 6. The summed E-state index contributed by atoms with van der Waals surface area (Å²) in [6.07, 6.45) is 0.699. The van der Waals surface area contributed by atoms with Crippen LogP contribution in [0.3, 0.4) is 0 Å². The van der Waals surface area contributed by atoms with Gasteiger partial charge in [0.25, 0.3) is 0 Å². The van der Waals surface area contributed by atoms with E-state index in [2.05, 4.69) is 4.74 Å². The van der Waals surface area contributed by atoms with Crippen LogP contribution in [-0.2, 0) is 9.53 Å². The fourth-order valence-electron chi connectivity index (χ4n) is 0.933. The van der Waals surface area contributed by atoms with E-state index in [0.717, 1.165) is 0 Å². The van der Waals surface area contributed by atoms with Crippen LogP contribution in [0.15, 0.2) is 0 Å². The Morgan fingerprint density at radius 1 is 1.29 bits per heavy atom. The fraction of sp³-hybridized carbons (Fsp3) is 0.667. The SMILES string of the molecule is COC(=O)CN(CCC#N)CCC#N. The molecule has 0 fully saturated rings. The van der Waals surface area contributed by atoms with E-state index in [9.17, 15) is 4.79 Å². The van der Waals surface area contributed by atoms with Crippen LogP contribution in [0.4, 0.5) is 0 Å². The molecule has 0 aromatic rings. The summed E-state index contributed by atoms with van der Waals surface area (Å²) in [5.41, 5.74) is 0. The molecule has 0 amide bonds. The van der Waals surface area contributed by atoms with Crippen molar-refractivity contribution in [3.05, 3.63) is 0 Å². The highest BCUT2D eigenvalue weighted by Crippen LogP contribution is 1.94. The van der Waals surface area contributed by atoms with Gasteiger partial charge in [0, 0.05) is 25.9 Å². The lowest BCUT2D eigenvalue weighted by molar-refractivity contribution is -0.141. The van der Waals surface area contributed by atoms with Gasteiger partial charge in [0.1, 0.15) is 0 Å². The molecule has 5 nitrogen and oxygen atoms in total. The Morgan fingerprint density at radius 3 is 2.14 bits per heavy atom. The first-order valence-corrected chi connectivity index (χ1v) is 4.27. The van der Waals surface area contributed by atoms with Crippen molar-refractivity contribution in [3.63, 3.8) is 0 Å². The Balaban J connectivity index is 3.92. The Bertz CT molecular complexity index is 234. The lowest BCUT2D eigenvalue weighted by Crippen LogP contribution is -2.32. The van der Waals surface area contributed by atoms with Gasteiger partial charge in [-0.2, -0.15) is 10.5 Å². The predicted octanol–water partition coefficient (Wildman–Crippen LogP) is 0.289. The second-order valence-corrected chi connectivity index (χ2v) is 2.67. The number of carbonyl (C=O) groups excluding carboxylic acids is 1. The summed E-state index contributed by atoms with van der Waals surface area (Å²) in [5.74, 6) is -0.346.